The van der Waals surface area contributed by atoms with Crippen molar-refractivity contribution in [1.82, 2.24) is 15.3 Å². The summed E-state index contributed by atoms with van der Waals surface area (Å²) in [6.07, 6.45) is 5.21. The Morgan fingerprint density at radius 2 is 2.09 bits per heavy atom. The zero-order valence-corrected chi connectivity index (χ0v) is 13.6. The Hall–Kier alpha value is -2.43. The minimum Gasteiger partial charge on any atom is -0.351 e. The summed E-state index contributed by atoms with van der Waals surface area (Å²) < 4.78 is 0. The maximum Gasteiger partial charge on any atom is 0.271 e. The second-order valence-electron chi connectivity index (χ2n) is 6.23. The van der Waals surface area contributed by atoms with Gasteiger partial charge in [0.1, 0.15) is 5.69 Å². The van der Waals surface area contributed by atoms with Gasteiger partial charge in [0.05, 0.1) is 12.4 Å². The SMILES string of the molecule is CC(C)CCNC(=O)c1cnc(N2CCc3ccccc32)cn1. The summed E-state index contributed by atoms with van der Waals surface area (Å²) in [5.74, 6) is 1.19. The highest BCUT2D eigenvalue weighted by molar-refractivity contribution is 5.92. The molecule has 0 radical (unpaired) electrons. The molecule has 2 heterocycles. The molecule has 1 N–H and O–H groups in total. The minimum absolute atomic E-state index is 0.161. The van der Waals surface area contributed by atoms with E-state index >= 15 is 0 Å². The van der Waals surface area contributed by atoms with E-state index in [4.69, 9.17) is 0 Å². The molecule has 5 heteroatoms. The minimum atomic E-state index is -0.161. The molecule has 3 rings (SSSR count). The van der Waals surface area contributed by atoms with Crippen LogP contribution in [-0.2, 0) is 6.42 Å². The molecule has 0 bridgehead atoms. The second-order valence-corrected chi connectivity index (χ2v) is 6.23. The molecule has 0 spiro atoms. The smallest absolute Gasteiger partial charge is 0.271 e. The average molecular weight is 310 g/mol. The summed E-state index contributed by atoms with van der Waals surface area (Å²) in [5, 5.41) is 2.88. The summed E-state index contributed by atoms with van der Waals surface area (Å²) in [6, 6.07) is 8.32. The van der Waals surface area contributed by atoms with E-state index in [0.717, 1.165) is 25.2 Å². The lowest BCUT2D eigenvalue weighted by Crippen LogP contribution is -2.26. The van der Waals surface area contributed by atoms with Crippen molar-refractivity contribution in [2.75, 3.05) is 18.0 Å². The number of carbonyl (C=O) groups is 1. The predicted molar refractivity (Wildman–Crippen MR) is 91.0 cm³/mol. The van der Waals surface area contributed by atoms with E-state index in [2.05, 4.69) is 52.2 Å². The molecule has 5 nitrogen and oxygen atoms in total. The molecule has 0 atom stereocenters. The molecule has 1 aliphatic heterocycles. The lowest BCUT2D eigenvalue weighted by Gasteiger charge is -2.17. The Morgan fingerprint density at radius 3 is 2.83 bits per heavy atom. The van der Waals surface area contributed by atoms with Crippen molar-refractivity contribution >= 4 is 17.4 Å². The number of fused-ring (bicyclic) bond motifs is 1. The van der Waals surface area contributed by atoms with E-state index in [-0.39, 0.29) is 5.91 Å². The maximum atomic E-state index is 12.0. The fourth-order valence-electron chi connectivity index (χ4n) is 2.72. The second kappa shape index (κ2) is 6.77. The summed E-state index contributed by atoms with van der Waals surface area (Å²) in [4.78, 5) is 22.9. The van der Waals surface area contributed by atoms with E-state index < -0.39 is 0 Å². The molecular formula is C18H22N4O. The summed E-state index contributed by atoms with van der Waals surface area (Å²) in [6.45, 7) is 5.83. The number of nitrogens with one attached hydrogen (secondary N) is 1. The molecule has 0 fully saturated rings. The Morgan fingerprint density at radius 1 is 1.26 bits per heavy atom. The zero-order chi connectivity index (χ0) is 16.2. The Balaban J connectivity index is 1.67. The van der Waals surface area contributed by atoms with Crippen LogP contribution >= 0.6 is 0 Å². The molecule has 120 valence electrons. The molecule has 0 saturated heterocycles. The van der Waals surface area contributed by atoms with Crippen LogP contribution in [0.15, 0.2) is 36.7 Å². The number of rotatable bonds is 5. The number of hydrogen-bond donors (Lipinski definition) is 1. The number of aromatic nitrogens is 2. The fourth-order valence-corrected chi connectivity index (χ4v) is 2.72. The van der Waals surface area contributed by atoms with Gasteiger partial charge in [-0.2, -0.15) is 0 Å². The van der Waals surface area contributed by atoms with Crippen LogP contribution in [0.3, 0.4) is 0 Å². The van der Waals surface area contributed by atoms with Crippen molar-refractivity contribution in [3.05, 3.63) is 47.9 Å². The quantitative estimate of drug-likeness (QED) is 0.922. The number of anilines is 2. The molecule has 1 aromatic heterocycles. The average Bonchev–Trinajstić information content (AvgIpc) is 2.98. The highest BCUT2D eigenvalue weighted by Gasteiger charge is 2.21. The molecule has 0 unspecified atom stereocenters. The third kappa shape index (κ3) is 3.50. The number of hydrogen-bond acceptors (Lipinski definition) is 4. The fraction of sp³-hybridized carbons (Fsp3) is 0.389. The Kier molecular flexibility index (Phi) is 4.55. The highest BCUT2D eigenvalue weighted by atomic mass is 16.1. The first-order valence-electron chi connectivity index (χ1n) is 8.11. The van der Waals surface area contributed by atoms with Crippen molar-refractivity contribution in [1.29, 1.82) is 0 Å². The molecular weight excluding hydrogens is 288 g/mol. The topological polar surface area (TPSA) is 58.1 Å². The number of amides is 1. The Labute approximate surface area is 136 Å². The van der Waals surface area contributed by atoms with Gasteiger partial charge < -0.3 is 10.2 Å². The predicted octanol–water partition coefficient (Wildman–Crippen LogP) is 2.95. The molecule has 1 aromatic carbocycles. The third-order valence-corrected chi connectivity index (χ3v) is 4.04. The van der Waals surface area contributed by atoms with Gasteiger partial charge in [-0.1, -0.05) is 32.0 Å². The molecule has 1 aliphatic rings. The molecule has 23 heavy (non-hydrogen) atoms. The lowest BCUT2D eigenvalue weighted by molar-refractivity contribution is 0.0946. The van der Waals surface area contributed by atoms with Crippen molar-refractivity contribution in [3.8, 4) is 0 Å². The van der Waals surface area contributed by atoms with E-state index in [1.54, 1.807) is 12.4 Å². The van der Waals surface area contributed by atoms with Crippen LogP contribution < -0.4 is 10.2 Å². The molecule has 1 amide bonds. The van der Waals surface area contributed by atoms with Crippen LogP contribution in [0.1, 0.15) is 36.3 Å². The van der Waals surface area contributed by atoms with Gasteiger partial charge in [0.25, 0.3) is 5.91 Å². The van der Waals surface area contributed by atoms with Gasteiger partial charge in [-0.15, -0.1) is 0 Å². The van der Waals surface area contributed by atoms with Crippen LogP contribution in [0, 0.1) is 5.92 Å². The van der Waals surface area contributed by atoms with Gasteiger partial charge in [-0.25, -0.2) is 9.97 Å². The Bertz CT molecular complexity index is 682. The molecule has 0 saturated carbocycles. The largest absolute Gasteiger partial charge is 0.351 e. The van der Waals surface area contributed by atoms with Crippen molar-refractivity contribution < 1.29 is 4.79 Å². The normalized spacial score (nSPS) is 13.3. The van der Waals surface area contributed by atoms with Crippen molar-refractivity contribution in [2.24, 2.45) is 5.92 Å². The van der Waals surface area contributed by atoms with Crippen molar-refractivity contribution in [3.63, 3.8) is 0 Å². The van der Waals surface area contributed by atoms with Gasteiger partial charge in [-0.05, 0) is 30.4 Å². The first kappa shape index (κ1) is 15.5. The van der Waals surface area contributed by atoms with E-state index in [1.165, 1.54) is 11.3 Å². The highest BCUT2D eigenvalue weighted by Crippen LogP contribution is 2.32. The van der Waals surface area contributed by atoms with Gasteiger partial charge in [-0.3, -0.25) is 4.79 Å². The summed E-state index contributed by atoms with van der Waals surface area (Å²) in [7, 11) is 0. The first-order valence-corrected chi connectivity index (χ1v) is 8.11. The molecule has 2 aromatic rings. The van der Waals surface area contributed by atoms with Crippen molar-refractivity contribution in [2.45, 2.75) is 26.7 Å². The van der Waals surface area contributed by atoms with Crippen LogP contribution in [0.25, 0.3) is 0 Å². The monoisotopic (exact) mass is 310 g/mol. The zero-order valence-electron chi connectivity index (χ0n) is 13.6. The van der Waals surface area contributed by atoms with Crippen LogP contribution in [0.2, 0.25) is 0 Å². The van der Waals surface area contributed by atoms with E-state index in [1.807, 2.05) is 6.07 Å². The first-order chi connectivity index (χ1) is 11.1. The van der Waals surface area contributed by atoms with E-state index in [0.29, 0.717) is 18.2 Å². The standard InChI is InChI=1S/C18H22N4O/c1-13(2)7-9-19-18(23)15-11-21-17(12-20-15)22-10-8-14-5-3-4-6-16(14)22/h3-6,11-13H,7-10H2,1-2H3,(H,19,23). The maximum absolute atomic E-state index is 12.0. The number of benzene rings is 1. The number of nitrogens with zero attached hydrogens (tertiary/aromatic N) is 3. The van der Waals surface area contributed by atoms with Gasteiger partial charge in [0.2, 0.25) is 0 Å². The van der Waals surface area contributed by atoms with Crippen LogP contribution in [0.4, 0.5) is 11.5 Å². The lowest BCUT2D eigenvalue weighted by atomic mass is 10.1. The van der Waals surface area contributed by atoms with Crippen LogP contribution in [-0.4, -0.2) is 29.0 Å². The van der Waals surface area contributed by atoms with Gasteiger partial charge in [0.15, 0.2) is 5.82 Å². The molecule has 0 aliphatic carbocycles. The van der Waals surface area contributed by atoms with Gasteiger partial charge in [0, 0.05) is 18.8 Å². The number of para-hydroxylation sites is 1. The number of carbonyl (C=O) groups excluding carboxylic acids is 1. The van der Waals surface area contributed by atoms with Gasteiger partial charge >= 0.3 is 0 Å². The summed E-state index contributed by atoms with van der Waals surface area (Å²) in [5.41, 5.74) is 2.87. The third-order valence-electron chi connectivity index (χ3n) is 4.04. The summed E-state index contributed by atoms with van der Waals surface area (Å²) >= 11 is 0. The van der Waals surface area contributed by atoms with E-state index in [9.17, 15) is 4.79 Å². The van der Waals surface area contributed by atoms with Crippen LogP contribution in [0.5, 0.6) is 0 Å².